The summed E-state index contributed by atoms with van der Waals surface area (Å²) in [7, 11) is 0. The highest BCUT2D eigenvalue weighted by atomic mass is 32.2. The standard InChI is InChI=1S/C13H17N5OS/c1-9-15-13(18-17-9)20-8-4-7-12(19)16-11-6-3-2-5-10(11)14/h2-3,5-6H,4,7-8,14H2,1H3,(H,16,19)(H,15,17,18). The monoisotopic (exact) mass is 291 g/mol. The summed E-state index contributed by atoms with van der Waals surface area (Å²) in [6, 6.07) is 7.23. The zero-order chi connectivity index (χ0) is 14.4. The Bertz CT molecular complexity index is 584. The average molecular weight is 291 g/mol. The minimum atomic E-state index is -0.0327. The lowest BCUT2D eigenvalue weighted by molar-refractivity contribution is -0.116. The predicted octanol–water partition coefficient (Wildman–Crippen LogP) is 2.21. The molecule has 0 spiro atoms. The van der Waals surface area contributed by atoms with E-state index in [2.05, 4.69) is 20.5 Å². The van der Waals surface area contributed by atoms with Crippen LogP contribution in [0, 0.1) is 6.92 Å². The number of benzene rings is 1. The van der Waals surface area contributed by atoms with Gasteiger partial charge < -0.3 is 11.1 Å². The van der Waals surface area contributed by atoms with Crippen molar-refractivity contribution in [1.82, 2.24) is 15.2 Å². The number of aromatic amines is 1. The van der Waals surface area contributed by atoms with Gasteiger partial charge in [0.05, 0.1) is 11.4 Å². The first-order chi connectivity index (χ1) is 9.65. The number of para-hydroxylation sites is 2. The van der Waals surface area contributed by atoms with Gasteiger partial charge in [0.2, 0.25) is 11.1 Å². The van der Waals surface area contributed by atoms with Crippen molar-refractivity contribution in [2.45, 2.75) is 24.9 Å². The van der Waals surface area contributed by atoms with Crippen LogP contribution in [0.3, 0.4) is 0 Å². The second-order valence-corrected chi connectivity index (χ2v) is 5.35. The van der Waals surface area contributed by atoms with Crippen LogP contribution in [0.5, 0.6) is 0 Å². The van der Waals surface area contributed by atoms with Gasteiger partial charge in [0.1, 0.15) is 5.82 Å². The molecule has 7 heteroatoms. The van der Waals surface area contributed by atoms with Gasteiger partial charge in [0, 0.05) is 12.2 Å². The highest BCUT2D eigenvalue weighted by Crippen LogP contribution is 2.18. The van der Waals surface area contributed by atoms with Crippen molar-refractivity contribution in [3.05, 3.63) is 30.1 Å². The number of rotatable bonds is 6. The highest BCUT2D eigenvalue weighted by molar-refractivity contribution is 7.99. The zero-order valence-electron chi connectivity index (χ0n) is 11.2. The minimum absolute atomic E-state index is 0.0327. The number of aryl methyl sites for hydroxylation is 1. The molecular weight excluding hydrogens is 274 g/mol. The molecule has 4 N–H and O–H groups in total. The Morgan fingerprint density at radius 3 is 2.95 bits per heavy atom. The first-order valence-corrected chi connectivity index (χ1v) is 7.30. The molecular formula is C13H17N5OS. The zero-order valence-corrected chi connectivity index (χ0v) is 12.0. The number of H-pyrrole nitrogens is 1. The lowest BCUT2D eigenvalue weighted by atomic mass is 10.2. The molecule has 106 valence electrons. The maximum atomic E-state index is 11.8. The smallest absolute Gasteiger partial charge is 0.224 e. The van der Waals surface area contributed by atoms with Crippen LogP contribution in [0.1, 0.15) is 18.7 Å². The van der Waals surface area contributed by atoms with E-state index in [0.717, 1.165) is 23.2 Å². The van der Waals surface area contributed by atoms with Crippen molar-refractivity contribution in [3.8, 4) is 0 Å². The highest BCUT2D eigenvalue weighted by Gasteiger charge is 2.05. The number of nitrogens with one attached hydrogen (secondary N) is 2. The molecule has 0 atom stereocenters. The molecule has 0 aliphatic carbocycles. The molecule has 0 saturated heterocycles. The lowest BCUT2D eigenvalue weighted by Gasteiger charge is -2.07. The predicted molar refractivity (Wildman–Crippen MR) is 80.6 cm³/mol. The van der Waals surface area contributed by atoms with Crippen LogP contribution in [0.15, 0.2) is 29.4 Å². The fraction of sp³-hybridized carbons (Fsp3) is 0.308. The Labute approximate surface area is 121 Å². The van der Waals surface area contributed by atoms with Crippen LogP contribution in [0.25, 0.3) is 0 Å². The Hall–Kier alpha value is -2.02. The Balaban J connectivity index is 1.69. The number of nitrogens with two attached hydrogens (primary N) is 1. The molecule has 0 aliphatic heterocycles. The summed E-state index contributed by atoms with van der Waals surface area (Å²) in [5, 5.41) is 10.3. The first-order valence-electron chi connectivity index (χ1n) is 6.31. The molecule has 0 fully saturated rings. The van der Waals surface area contributed by atoms with E-state index in [1.54, 1.807) is 12.1 Å². The molecule has 1 heterocycles. The van der Waals surface area contributed by atoms with Crippen molar-refractivity contribution >= 4 is 29.0 Å². The van der Waals surface area contributed by atoms with Gasteiger partial charge >= 0.3 is 0 Å². The molecule has 20 heavy (non-hydrogen) atoms. The third kappa shape index (κ3) is 4.27. The summed E-state index contributed by atoms with van der Waals surface area (Å²) in [5.41, 5.74) is 7.00. The topological polar surface area (TPSA) is 96.7 Å². The van der Waals surface area contributed by atoms with E-state index in [9.17, 15) is 4.79 Å². The summed E-state index contributed by atoms with van der Waals surface area (Å²) in [5.74, 6) is 1.56. The summed E-state index contributed by atoms with van der Waals surface area (Å²) in [6.07, 6.45) is 1.21. The number of nitrogen functional groups attached to an aromatic ring is 1. The van der Waals surface area contributed by atoms with Gasteiger partial charge in [-0.15, -0.1) is 5.10 Å². The van der Waals surface area contributed by atoms with Gasteiger partial charge in [0.15, 0.2) is 0 Å². The third-order valence-electron chi connectivity index (χ3n) is 2.59. The van der Waals surface area contributed by atoms with Gasteiger partial charge in [-0.2, -0.15) is 0 Å². The number of hydrogen-bond donors (Lipinski definition) is 3. The van der Waals surface area contributed by atoms with Crippen molar-refractivity contribution < 1.29 is 4.79 Å². The largest absolute Gasteiger partial charge is 0.397 e. The normalized spacial score (nSPS) is 10.4. The number of anilines is 2. The quantitative estimate of drug-likeness (QED) is 0.431. The number of aromatic nitrogens is 3. The number of carbonyl (C=O) groups excluding carboxylic acids is 1. The van der Waals surface area contributed by atoms with Crippen LogP contribution < -0.4 is 11.1 Å². The molecule has 6 nitrogen and oxygen atoms in total. The second kappa shape index (κ2) is 6.95. The number of hydrogen-bond acceptors (Lipinski definition) is 5. The fourth-order valence-corrected chi connectivity index (χ4v) is 2.39. The van der Waals surface area contributed by atoms with E-state index in [4.69, 9.17) is 5.73 Å². The molecule has 1 amide bonds. The van der Waals surface area contributed by atoms with E-state index in [1.165, 1.54) is 11.8 Å². The fourth-order valence-electron chi connectivity index (χ4n) is 1.61. The van der Waals surface area contributed by atoms with E-state index in [1.807, 2.05) is 19.1 Å². The number of amides is 1. The van der Waals surface area contributed by atoms with E-state index in [0.29, 0.717) is 17.8 Å². The van der Waals surface area contributed by atoms with Crippen molar-refractivity contribution in [2.24, 2.45) is 0 Å². The van der Waals surface area contributed by atoms with Gasteiger partial charge in [-0.1, -0.05) is 23.9 Å². The molecule has 1 aromatic heterocycles. The minimum Gasteiger partial charge on any atom is -0.397 e. The maximum absolute atomic E-state index is 11.8. The second-order valence-electron chi connectivity index (χ2n) is 4.29. The van der Waals surface area contributed by atoms with Crippen LogP contribution in [0.4, 0.5) is 11.4 Å². The van der Waals surface area contributed by atoms with Crippen LogP contribution in [-0.2, 0) is 4.79 Å². The van der Waals surface area contributed by atoms with Gasteiger partial charge in [0.25, 0.3) is 0 Å². The van der Waals surface area contributed by atoms with Gasteiger partial charge in [-0.25, -0.2) is 4.98 Å². The van der Waals surface area contributed by atoms with E-state index < -0.39 is 0 Å². The Kier molecular flexibility index (Phi) is 5.00. The Morgan fingerprint density at radius 2 is 2.25 bits per heavy atom. The summed E-state index contributed by atoms with van der Waals surface area (Å²) >= 11 is 1.53. The van der Waals surface area contributed by atoms with Crippen molar-refractivity contribution in [2.75, 3.05) is 16.8 Å². The molecule has 0 aliphatic rings. The number of nitrogens with zero attached hydrogens (tertiary/aromatic N) is 2. The van der Waals surface area contributed by atoms with Crippen LogP contribution in [0.2, 0.25) is 0 Å². The van der Waals surface area contributed by atoms with Gasteiger partial charge in [-0.05, 0) is 25.5 Å². The summed E-state index contributed by atoms with van der Waals surface area (Å²) < 4.78 is 0. The Morgan fingerprint density at radius 1 is 1.45 bits per heavy atom. The molecule has 1 aromatic carbocycles. The molecule has 0 radical (unpaired) electrons. The summed E-state index contributed by atoms with van der Waals surface area (Å²) in [6.45, 7) is 1.86. The third-order valence-corrected chi connectivity index (χ3v) is 3.52. The van der Waals surface area contributed by atoms with E-state index >= 15 is 0 Å². The van der Waals surface area contributed by atoms with Crippen molar-refractivity contribution in [1.29, 1.82) is 0 Å². The lowest BCUT2D eigenvalue weighted by Crippen LogP contribution is -2.12. The van der Waals surface area contributed by atoms with Crippen LogP contribution >= 0.6 is 11.8 Å². The van der Waals surface area contributed by atoms with Crippen molar-refractivity contribution in [3.63, 3.8) is 0 Å². The SMILES string of the molecule is Cc1nc(SCCCC(=O)Nc2ccccc2N)n[nH]1. The average Bonchev–Trinajstić information content (AvgIpc) is 2.83. The molecule has 2 rings (SSSR count). The molecule has 0 saturated carbocycles. The van der Waals surface area contributed by atoms with Gasteiger partial charge in [-0.3, -0.25) is 9.89 Å². The molecule has 0 bridgehead atoms. The number of carbonyl (C=O) groups is 1. The van der Waals surface area contributed by atoms with E-state index in [-0.39, 0.29) is 5.91 Å². The first kappa shape index (κ1) is 14.4. The summed E-state index contributed by atoms with van der Waals surface area (Å²) in [4.78, 5) is 16.0. The molecule has 0 unspecified atom stereocenters. The maximum Gasteiger partial charge on any atom is 0.224 e. The number of thioether (sulfide) groups is 1. The van der Waals surface area contributed by atoms with Crippen LogP contribution in [-0.4, -0.2) is 26.8 Å². The molecule has 2 aromatic rings.